The molecule has 0 spiro atoms. The van der Waals surface area contributed by atoms with E-state index in [-0.39, 0.29) is 22.3 Å². The lowest BCUT2D eigenvalue weighted by atomic mass is 10.1. The Labute approximate surface area is 228 Å². The highest BCUT2D eigenvalue weighted by molar-refractivity contribution is 7.90. The molecule has 39 heavy (non-hydrogen) atoms. The minimum atomic E-state index is -3.63. The molecule has 9 heteroatoms. The van der Waals surface area contributed by atoms with Crippen LogP contribution in [0.15, 0.2) is 83.9 Å². The number of phenols is 1. The molecule has 1 fully saturated rings. The zero-order chi connectivity index (χ0) is 27.4. The van der Waals surface area contributed by atoms with Crippen LogP contribution in [0, 0.1) is 0 Å². The smallest absolute Gasteiger partial charge is 0.253 e. The SMILES string of the molecule is COc1cccc(O)c1CN1CCCN(C(=O)c2ccc(CS(=O)(=O)c3cccc4cccnc34)cc2)CC1. The highest BCUT2D eigenvalue weighted by Gasteiger charge is 2.23. The number of aromatic nitrogens is 1. The molecule has 0 unspecified atom stereocenters. The summed E-state index contributed by atoms with van der Waals surface area (Å²) in [4.78, 5) is 21.8. The molecule has 0 radical (unpaired) electrons. The summed E-state index contributed by atoms with van der Waals surface area (Å²) in [6.45, 7) is 3.17. The maximum absolute atomic E-state index is 13.3. The van der Waals surface area contributed by atoms with Gasteiger partial charge in [-0.2, -0.15) is 0 Å². The number of hydrogen-bond acceptors (Lipinski definition) is 7. The molecule has 1 saturated heterocycles. The first-order chi connectivity index (χ1) is 18.9. The third-order valence-corrected chi connectivity index (χ3v) is 8.79. The van der Waals surface area contributed by atoms with Gasteiger partial charge in [-0.1, -0.05) is 36.4 Å². The number of hydrogen-bond donors (Lipinski definition) is 1. The summed E-state index contributed by atoms with van der Waals surface area (Å²) < 4.78 is 31.8. The highest BCUT2D eigenvalue weighted by Crippen LogP contribution is 2.29. The van der Waals surface area contributed by atoms with Gasteiger partial charge in [0.1, 0.15) is 11.5 Å². The van der Waals surface area contributed by atoms with Gasteiger partial charge in [-0.15, -0.1) is 0 Å². The van der Waals surface area contributed by atoms with E-state index in [4.69, 9.17) is 4.74 Å². The number of benzene rings is 3. The van der Waals surface area contributed by atoms with Gasteiger partial charge in [0.25, 0.3) is 5.91 Å². The zero-order valence-corrected chi connectivity index (χ0v) is 22.6. The second-order valence-electron chi connectivity index (χ2n) is 9.67. The zero-order valence-electron chi connectivity index (χ0n) is 21.8. The number of nitrogens with zero attached hydrogens (tertiary/aromatic N) is 3. The average Bonchev–Trinajstić information content (AvgIpc) is 3.19. The Balaban J connectivity index is 1.24. The van der Waals surface area contributed by atoms with Gasteiger partial charge in [-0.3, -0.25) is 14.7 Å². The molecule has 5 rings (SSSR count). The van der Waals surface area contributed by atoms with E-state index >= 15 is 0 Å². The minimum absolute atomic E-state index is 0.0790. The first-order valence-corrected chi connectivity index (χ1v) is 14.5. The summed E-state index contributed by atoms with van der Waals surface area (Å²) >= 11 is 0. The molecule has 0 atom stereocenters. The lowest BCUT2D eigenvalue weighted by molar-refractivity contribution is 0.0761. The van der Waals surface area contributed by atoms with Crippen LogP contribution in [-0.4, -0.2) is 67.5 Å². The van der Waals surface area contributed by atoms with Gasteiger partial charge in [0.05, 0.1) is 23.3 Å². The van der Waals surface area contributed by atoms with Crippen LogP contribution in [0.25, 0.3) is 10.9 Å². The van der Waals surface area contributed by atoms with E-state index in [0.717, 1.165) is 23.9 Å². The van der Waals surface area contributed by atoms with E-state index in [0.29, 0.717) is 48.6 Å². The number of fused-ring (bicyclic) bond motifs is 1. The van der Waals surface area contributed by atoms with Gasteiger partial charge in [0.2, 0.25) is 0 Å². The number of methoxy groups -OCH3 is 1. The van der Waals surface area contributed by atoms with Crippen LogP contribution in [0.2, 0.25) is 0 Å². The lowest BCUT2D eigenvalue weighted by Crippen LogP contribution is -2.35. The lowest BCUT2D eigenvalue weighted by Gasteiger charge is -2.23. The van der Waals surface area contributed by atoms with E-state index < -0.39 is 9.84 Å². The molecule has 8 nitrogen and oxygen atoms in total. The summed E-state index contributed by atoms with van der Waals surface area (Å²) in [7, 11) is -2.04. The molecule has 0 saturated carbocycles. The summed E-state index contributed by atoms with van der Waals surface area (Å²) in [5.41, 5.74) is 2.34. The fraction of sp³-hybridized carbons (Fsp3) is 0.267. The van der Waals surface area contributed by atoms with Crippen molar-refractivity contribution in [2.45, 2.75) is 23.6 Å². The highest BCUT2D eigenvalue weighted by atomic mass is 32.2. The van der Waals surface area contributed by atoms with Crippen molar-refractivity contribution in [1.29, 1.82) is 0 Å². The molecule has 3 aromatic carbocycles. The number of sulfone groups is 1. The largest absolute Gasteiger partial charge is 0.507 e. The number of carbonyl (C=O) groups excluding carboxylic acids is 1. The predicted octanol–water partition coefficient (Wildman–Crippen LogP) is 4.27. The molecule has 0 aliphatic carbocycles. The third-order valence-electron chi connectivity index (χ3n) is 7.07. The predicted molar refractivity (Wildman–Crippen MR) is 150 cm³/mol. The fourth-order valence-corrected chi connectivity index (χ4v) is 6.55. The van der Waals surface area contributed by atoms with Crippen molar-refractivity contribution in [1.82, 2.24) is 14.8 Å². The second kappa shape index (κ2) is 11.4. The van der Waals surface area contributed by atoms with Crippen LogP contribution in [-0.2, 0) is 22.1 Å². The van der Waals surface area contributed by atoms with Crippen molar-refractivity contribution in [3.8, 4) is 11.5 Å². The van der Waals surface area contributed by atoms with Crippen LogP contribution in [0.5, 0.6) is 11.5 Å². The molecule has 2 heterocycles. The van der Waals surface area contributed by atoms with E-state index in [2.05, 4.69) is 9.88 Å². The van der Waals surface area contributed by atoms with Crippen LogP contribution < -0.4 is 4.74 Å². The normalized spacial score (nSPS) is 14.7. The maximum atomic E-state index is 13.3. The molecule has 1 aromatic heterocycles. The number of aromatic hydroxyl groups is 1. The number of phenolic OH excluding ortho intramolecular Hbond substituents is 1. The molecule has 1 N–H and O–H groups in total. The second-order valence-corrected chi connectivity index (χ2v) is 11.6. The standard InChI is InChI=1S/C30H31N3O5S/c1-38-27-9-3-8-26(34)25(27)20-32-16-5-17-33(19-18-32)30(35)24-13-11-22(12-14-24)21-39(36,37)28-10-2-6-23-7-4-15-31-29(23)28/h2-4,6-15,34H,5,16-21H2,1H3. The Morgan fingerprint density at radius 3 is 2.51 bits per heavy atom. The fourth-order valence-electron chi connectivity index (χ4n) is 5.01. The van der Waals surface area contributed by atoms with Crippen molar-refractivity contribution in [2.24, 2.45) is 0 Å². The molecule has 1 aliphatic heterocycles. The summed E-state index contributed by atoms with van der Waals surface area (Å²) in [5, 5.41) is 11.1. The van der Waals surface area contributed by atoms with Crippen molar-refractivity contribution < 1.29 is 23.1 Å². The van der Waals surface area contributed by atoms with Gasteiger partial charge in [-0.05, 0) is 48.4 Å². The first kappa shape index (κ1) is 26.6. The van der Waals surface area contributed by atoms with Crippen LogP contribution in [0.4, 0.5) is 0 Å². The third kappa shape index (κ3) is 5.89. The minimum Gasteiger partial charge on any atom is -0.507 e. The molecule has 1 amide bonds. The summed E-state index contributed by atoms with van der Waals surface area (Å²) in [6, 6.07) is 20.8. The van der Waals surface area contributed by atoms with Crippen molar-refractivity contribution in [3.05, 3.63) is 95.7 Å². The van der Waals surface area contributed by atoms with E-state index in [1.54, 1.807) is 67.9 Å². The Hall–Kier alpha value is -3.95. The van der Waals surface area contributed by atoms with Gasteiger partial charge in [-0.25, -0.2) is 8.42 Å². The van der Waals surface area contributed by atoms with Crippen molar-refractivity contribution >= 4 is 26.6 Å². The number of para-hydroxylation sites is 1. The number of rotatable bonds is 7. The topological polar surface area (TPSA) is 100 Å². The van der Waals surface area contributed by atoms with E-state index in [1.165, 1.54) is 0 Å². The Kier molecular flexibility index (Phi) is 7.81. The van der Waals surface area contributed by atoms with Crippen molar-refractivity contribution in [2.75, 3.05) is 33.3 Å². The quantitative estimate of drug-likeness (QED) is 0.370. The van der Waals surface area contributed by atoms with Gasteiger partial charge >= 0.3 is 0 Å². The van der Waals surface area contributed by atoms with Gasteiger partial charge < -0.3 is 14.7 Å². The summed E-state index contributed by atoms with van der Waals surface area (Å²) in [5.74, 6) is 0.590. The van der Waals surface area contributed by atoms with Crippen LogP contribution >= 0.6 is 0 Å². The van der Waals surface area contributed by atoms with Crippen molar-refractivity contribution in [3.63, 3.8) is 0 Å². The average molecular weight is 546 g/mol. The number of carbonyl (C=O) groups is 1. The number of ether oxygens (including phenoxy) is 1. The molecule has 202 valence electrons. The van der Waals surface area contributed by atoms with Crippen LogP contribution in [0.3, 0.4) is 0 Å². The summed E-state index contributed by atoms with van der Waals surface area (Å²) in [6.07, 6.45) is 2.39. The van der Waals surface area contributed by atoms with E-state index in [9.17, 15) is 18.3 Å². The Morgan fingerprint density at radius 2 is 1.72 bits per heavy atom. The molecule has 4 aromatic rings. The number of amides is 1. The molecule has 1 aliphatic rings. The molecular weight excluding hydrogens is 514 g/mol. The Morgan fingerprint density at radius 1 is 0.949 bits per heavy atom. The monoisotopic (exact) mass is 545 g/mol. The first-order valence-electron chi connectivity index (χ1n) is 12.9. The Bertz CT molecular complexity index is 1580. The maximum Gasteiger partial charge on any atom is 0.253 e. The molecular formula is C30H31N3O5S. The van der Waals surface area contributed by atoms with Gasteiger partial charge in [0.15, 0.2) is 9.84 Å². The van der Waals surface area contributed by atoms with Crippen LogP contribution in [0.1, 0.15) is 27.9 Å². The van der Waals surface area contributed by atoms with E-state index in [1.807, 2.05) is 23.1 Å². The molecule has 0 bridgehead atoms. The van der Waals surface area contributed by atoms with Gasteiger partial charge in [0, 0.05) is 55.4 Å². The number of pyridine rings is 1.